The van der Waals surface area contributed by atoms with E-state index in [4.69, 9.17) is 4.74 Å². The largest absolute Gasteiger partial charge is 0.418 e. The van der Waals surface area contributed by atoms with Gasteiger partial charge in [0.15, 0.2) is 0 Å². The molecule has 1 heterocycles. The Morgan fingerprint density at radius 1 is 1.25 bits per heavy atom. The zero-order chi connectivity index (χ0) is 14.6. The van der Waals surface area contributed by atoms with Crippen molar-refractivity contribution in [3.8, 4) is 0 Å². The molecule has 1 aliphatic rings. The molecule has 1 N–H and O–H groups in total. The molecule has 0 aromatic heterocycles. The summed E-state index contributed by atoms with van der Waals surface area (Å²) in [5.41, 5.74) is -0.525. The lowest BCUT2D eigenvalue weighted by molar-refractivity contribution is -0.137. The van der Waals surface area contributed by atoms with Gasteiger partial charge in [0.25, 0.3) is 0 Å². The fourth-order valence-corrected chi connectivity index (χ4v) is 2.44. The van der Waals surface area contributed by atoms with Crippen LogP contribution in [0.15, 0.2) is 22.7 Å². The minimum absolute atomic E-state index is 0.111. The standard InChI is InChI=1S/C13H16BrF3N2O/c14-10-1-2-11(13(15,16)17)12(9-10)18-3-4-19-5-7-20-8-6-19/h1-2,9,18H,3-8H2. The monoisotopic (exact) mass is 352 g/mol. The second kappa shape index (κ2) is 6.78. The van der Waals surface area contributed by atoms with E-state index in [1.54, 1.807) is 0 Å². The maximum Gasteiger partial charge on any atom is 0.418 e. The molecule has 3 nitrogen and oxygen atoms in total. The van der Waals surface area contributed by atoms with E-state index in [1.165, 1.54) is 12.1 Å². The van der Waals surface area contributed by atoms with Crippen LogP contribution in [0.2, 0.25) is 0 Å². The molecule has 2 rings (SSSR count). The van der Waals surface area contributed by atoms with Crippen molar-refractivity contribution in [3.63, 3.8) is 0 Å². The smallest absolute Gasteiger partial charge is 0.383 e. The van der Waals surface area contributed by atoms with Crippen LogP contribution in [-0.2, 0) is 10.9 Å². The fourth-order valence-electron chi connectivity index (χ4n) is 2.08. The van der Waals surface area contributed by atoms with E-state index in [2.05, 4.69) is 26.1 Å². The highest BCUT2D eigenvalue weighted by Gasteiger charge is 2.33. The van der Waals surface area contributed by atoms with Crippen LogP contribution in [0.5, 0.6) is 0 Å². The van der Waals surface area contributed by atoms with Gasteiger partial charge in [-0.25, -0.2) is 0 Å². The SMILES string of the molecule is FC(F)(F)c1ccc(Br)cc1NCCN1CCOCC1. The van der Waals surface area contributed by atoms with Crippen LogP contribution in [-0.4, -0.2) is 44.3 Å². The van der Waals surface area contributed by atoms with Gasteiger partial charge in [0.2, 0.25) is 0 Å². The predicted octanol–water partition coefficient (Wildman–Crippen LogP) is 3.21. The van der Waals surface area contributed by atoms with Crippen LogP contribution in [0.4, 0.5) is 18.9 Å². The molecule has 0 amide bonds. The van der Waals surface area contributed by atoms with Crippen LogP contribution in [0.3, 0.4) is 0 Å². The molecule has 1 aromatic rings. The Hall–Kier alpha value is -0.790. The maximum atomic E-state index is 12.9. The first-order valence-electron chi connectivity index (χ1n) is 6.37. The molecule has 0 aliphatic carbocycles. The molecule has 1 aromatic carbocycles. The summed E-state index contributed by atoms with van der Waals surface area (Å²) in [6.45, 7) is 4.20. The Kier molecular flexibility index (Phi) is 5.29. The molecule has 0 saturated carbocycles. The van der Waals surface area contributed by atoms with Crippen LogP contribution < -0.4 is 5.32 Å². The third kappa shape index (κ3) is 4.36. The summed E-state index contributed by atoms with van der Waals surface area (Å²) in [6, 6.07) is 3.94. The quantitative estimate of drug-likeness (QED) is 0.900. The summed E-state index contributed by atoms with van der Waals surface area (Å²) in [4.78, 5) is 2.17. The van der Waals surface area contributed by atoms with Crippen molar-refractivity contribution in [1.82, 2.24) is 4.90 Å². The third-order valence-electron chi connectivity index (χ3n) is 3.13. The van der Waals surface area contributed by atoms with Gasteiger partial charge < -0.3 is 10.1 Å². The summed E-state index contributed by atoms with van der Waals surface area (Å²) in [6.07, 6.45) is -4.35. The molecule has 7 heteroatoms. The molecule has 1 saturated heterocycles. The minimum Gasteiger partial charge on any atom is -0.383 e. The summed E-state index contributed by atoms with van der Waals surface area (Å²) >= 11 is 3.20. The van der Waals surface area contributed by atoms with Crippen molar-refractivity contribution in [2.45, 2.75) is 6.18 Å². The Bertz CT molecular complexity index is 448. The van der Waals surface area contributed by atoms with E-state index in [0.717, 1.165) is 19.2 Å². The molecule has 0 bridgehead atoms. The first-order valence-corrected chi connectivity index (χ1v) is 7.17. The molecule has 1 fully saturated rings. The molecule has 0 spiro atoms. The van der Waals surface area contributed by atoms with Crippen molar-refractivity contribution in [2.75, 3.05) is 44.7 Å². The Labute approximate surface area is 124 Å². The number of morpholine rings is 1. The van der Waals surface area contributed by atoms with Gasteiger partial charge in [-0.1, -0.05) is 15.9 Å². The molecule has 1 aliphatic heterocycles. The molecular formula is C13H16BrF3N2O. The van der Waals surface area contributed by atoms with Crippen molar-refractivity contribution in [3.05, 3.63) is 28.2 Å². The zero-order valence-corrected chi connectivity index (χ0v) is 12.4. The molecule has 0 unspecified atom stereocenters. The lowest BCUT2D eigenvalue weighted by Gasteiger charge is -2.27. The molecule has 20 heavy (non-hydrogen) atoms. The fraction of sp³-hybridized carbons (Fsp3) is 0.538. The normalized spacial score (nSPS) is 17.2. The summed E-state index contributed by atoms with van der Waals surface area (Å²) in [5, 5.41) is 2.88. The van der Waals surface area contributed by atoms with Gasteiger partial charge in [-0.3, -0.25) is 4.90 Å². The number of nitrogens with one attached hydrogen (secondary N) is 1. The summed E-state index contributed by atoms with van der Waals surface area (Å²) in [7, 11) is 0. The summed E-state index contributed by atoms with van der Waals surface area (Å²) < 4.78 is 44.5. The molecule has 112 valence electrons. The third-order valence-corrected chi connectivity index (χ3v) is 3.63. The van der Waals surface area contributed by atoms with Crippen LogP contribution in [0.25, 0.3) is 0 Å². The zero-order valence-electron chi connectivity index (χ0n) is 10.8. The molecule has 0 atom stereocenters. The average molecular weight is 353 g/mol. The van der Waals surface area contributed by atoms with E-state index < -0.39 is 11.7 Å². The highest BCUT2D eigenvalue weighted by atomic mass is 79.9. The number of ether oxygens (including phenoxy) is 1. The second-order valence-electron chi connectivity index (χ2n) is 4.57. The van der Waals surface area contributed by atoms with Crippen LogP contribution >= 0.6 is 15.9 Å². The second-order valence-corrected chi connectivity index (χ2v) is 5.48. The van der Waals surface area contributed by atoms with Crippen molar-refractivity contribution in [1.29, 1.82) is 0 Å². The van der Waals surface area contributed by atoms with E-state index in [9.17, 15) is 13.2 Å². The molecular weight excluding hydrogens is 337 g/mol. The minimum atomic E-state index is -4.35. The topological polar surface area (TPSA) is 24.5 Å². The van der Waals surface area contributed by atoms with Crippen molar-refractivity contribution < 1.29 is 17.9 Å². The predicted molar refractivity (Wildman–Crippen MR) is 74.9 cm³/mol. The van der Waals surface area contributed by atoms with Crippen LogP contribution in [0, 0.1) is 0 Å². The highest BCUT2D eigenvalue weighted by Crippen LogP contribution is 2.36. The number of nitrogens with zero attached hydrogens (tertiary/aromatic N) is 1. The van der Waals surface area contributed by atoms with E-state index in [-0.39, 0.29) is 5.69 Å². The lowest BCUT2D eigenvalue weighted by atomic mass is 10.1. The van der Waals surface area contributed by atoms with Gasteiger partial charge >= 0.3 is 6.18 Å². The van der Waals surface area contributed by atoms with Crippen molar-refractivity contribution >= 4 is 21.6 Å². The first kappa shape index (κ1) is 15.6. The number of anilines is 1. The summed E-state index contributed by atoms with van der Waals surface area (Å²) in [5.74, 6) is 0. The number of benzene rings is 1. The number of hydrogen-bond acceptors (Lipinski definition) is 3. The number of alkyl halides is 3. The lowest BCUT2D eigenvalue weighted by Crippen LogP contribution is -2.39. The Balaban J connectivity index is 1.95. The van der Waals surface area contributed by atoms with Gasteiger partial charge in [0, 0.05) is 36.3 Å². The first-order chi connectivity index (χ1) is 9.47. The van der Waals surface area contributed by atoms with E-state index in [1.807, 2.05) is 0 Å². The molecule has 0 radical (unpaired) electrons. The average Bonchev–Trinajstić information content (AvgIpc) is 2.38. The Morgan fingerprint density at radius 3 is 2.60 bits per heavy atom. The number of halogens is 4. The van der Waals surface area contributed by atoms with Crippen molar-refractivity contribution in [2.24, 2.45) is 0 Å². The number of hydrogen-bond donors (Lipinski definition) is 1. The van der Waals surface area contributed by atoms with Gasteiger partial charge in [-0.05, 0) is 18.2 Å². The van der Waals surface area contributed by atoms with E-state index >= 15 is 0 Å². The maximum absolute atomic E-state index is 12.9. The van der Waals surface area contributed by atoms with Gasteiger partial charge in [-0.15, -0.1) is 0 Å². The van der Waals surface area contributed by atoms with Gasteiger partial charge in [0.05, 0.1) is 18.8 Å². The highest BCUT2D eigenvalue weighted by molar-refractivity contribution is 9.10. The Morgan fingerprint density at radius 2 is 1.95 bits per heavy atom. The van der Waals surface area contributed by atoms with Gasteiger partial charge in [-0.2, -0.15) is 13.2 Å². The van der Waals surface area contributed by atoms with Crippen LogP contribution in [0.1, 0.15) is 5.56 Å². The van der Waals surface area contributed by atoms with Gasteiger partial charge in [0.1, 0.15) is 0 Å². The number of rotatable bonds is 4. The van der Waals surface area contributed by atoms with E-state index in [0.29, 0.717) is 30.8 Å².